The van der Waals surface area contributed by atoms with E-state index in [0.29, 0.717) is 0 Å². The molecule has 0 aliphatic carbocycles. The summed E-state index contributed by atoms with van der Waals surface area (Å²) < 4.78 is 16.4. The van der Waals surface area contributed by atoms with Crippen LogP contribution in [0.3, 0.4) is 0 Å². The number of hydrogen-bond acceptors (Lipinski definition) is 3. The average molecular weight is 895 g/mol. The van der Waals surface area contributed by atoms with Crippen LogP contribution in [0.25, 0.3) is 152 Å². The van der Waals surface area contributed by atoms with E-state index in [2.05, 4.69) is 231 Å². The van der Waals surface area contributed by atoms with Crippen molar-refractivity contribution < 1.29 is 8.83 Å². The number of benzene rings is 12. The maximum atomic E-state index is 6.92. The molecular weight excluding hydrogens is 857 g/mol. The van der Waals surface area contributed by atoms with E-state index < -0.39 is 0 Å². The molecule has 0 saturated carbocycles. The molecule has 2 nitrogen and oxygen atoms in total. The third kappa shape index (κ3) is 5.84. The van der Waals surface area contributed by atoms with Gasteiger partial charge in [-0.3, -0.25) is 0 Å². The van der Waals surface area contributed by atoms with Gasteiger partial charge in [-0.1, -0.05) is 182 Å². The molecule has 0 aliphatic rings. The van der Waals surface area contributed by atoms with Gasteiger partial charge in [-0.15, -0.1) is 11.3 Å². The predicted octanol–water partition coefficient (Wildman–Crippen LogP) is 19.6. The van der Waals surface area contributed by atoms with Gasteiger partial charge in [-0.2, -0.15) is 0 Å². The molecule has 0 unspecified atom stereocenters. The Morgan fingerprint density at radius 3 is 1.78 bits per heavy atom. The lowest BCUT2D eigenvalue weighted by molar-refractivity contribution is 0.632. The van der Waals surface area contributed by atoms with Gasteiger partial charge >= 0.3 is 0 Å². The van der Waals surface area contributed by atoms with Crippen molar-refractivity contribution in [3.8, 4) is 55.8 Å². The molecule has 0 spiro atoms. The second kappa shape index (κ2) is 14.9. The van der Waals surface area contributed by atoms with Crippen LogP contribution in [0.2, 0.25) is 0 Å². The van der Waals surface area contributed by atoms with Gasteiger partial charge < -0.3 is 8.83 Å². The zero-order valence-electron chi connectivity index (χ0n) is 37.2. The number of rotatable bonds is 5. The Kier molecular flexibility index (Phi) is 8.27. The first kappa shape index (κ1) is 38.4. The summed E-state index contributed by atoms with van der Waals surface area (Å²) in [7, 11) is 0. The molecule has 15 rings (SSSR count). The molecule has 0 N–H and O–H groups in total. The summed E-state index contributed by atoms with van der Waals surface area (Å²) in [5.74, 6) is 0.858. The van der Waals surface area contributed by atoms with Gasteiger partial charge in [0.05, 0.1) is 0 Å². The largest absolute Gasteiger partial charge is 0.456 e. The molecule has 0 amide bonds. The maximum absolute atomic E-state index is 6.92. The van der Waals surface area contributed by atoms with Crippen molar-refractivity contribution in [2.45, 2.75) is 0 Å². The molecule has 12 aromatic carbocycles. The summed E-state index contributed by atoms with van der Waals surface area (Å²) in [5, 5.41) is 15.4. The fourth-order valence-corrected chi connectivity index (χ4v) is 12.5. The Morgan fingerprint density at radius 2 is 0.913 bits per heavy atom. The molecule has 0 radical (unpaired) electrons. The van der Waals surface area contributed by atoms with Crippen LogP contribution in [-0.4, -0.2) is 0 Å². The number of fused-ring (bicyclic) bond motifs is 12. The van der Waals surface area contributed by atoms with E-state index in [1.54, 1.807) is 0 Å². The van der Waals surface area contributed by atoms with E-state index >= 15 is 0 Å². The molecular formula is C66H38O2S. The first-order valence-electron chi connectivity index (χ1n) is 23.6. The van der Waals surface area contributed by atoms with Crippen molar-refractivity contribution in [3.63, 3.8) is 0 Å². The highest BCUT2D eigenvalue weighted by atomic mass is 32.1. The van der Waals surface area contributed by atoms with Crippen LogP contribution in [0, 0.1) is 0 Å². The second-order valence-corrected chi connectivity index (χ2v) is 19.3. The summed E-state index contributed by atoms with van der Waals surface area (Å²) in [4.78, 5) is 0. The van der Waals surface area contributed by atoms with Gasteiger partial charge in [-0.05, 0) is 136 Å². The van der Waals surface area contributed by atoms with Crippen molar-refractivity contribution >= 4 is 108 Å². The van der Waals surface area contributed by atoms with E-state index in [4.69, 9.17) is 8.83 Å². The predicted molar refractivity (Wildman–Crippen MR) is 294 cm³/mol. The summed E-state index contributed by atoms with van der Waals surface area (Å²) in [5.41, 5.74) is 12.9. The fraction of sp³-hybridized carbons (Fsp3) is 0. The monoisotopic (exact) mass is 894 g/mol. The maximum Gasteiger partial charge on any atom is 0.136 e. The van der Waals surface area contributed by atoms with Gasteiger partial charge in [0.1, 0.15) is 22.5 Å². The zero-order valence-corrected chi connectivity index (χ0v) is 38.0. The molecule has 0 fully saturated rings. The van der Waals surface area contributed by atoms with E-state index in [1.807, 2.05) is 11.3 Å². The van der Waals surface area contributed by atoms with Crippen LogP contribution >= 0.6 is 11.3 Å². The van der Waals surface area contributed by atoms with E-state index in [-0.39, 0.29) is 0 Å². The lowest BCUT2D eigenvalue weighted by Gasteiger charge is -2.20. The SMILES string of the molecule is c1ccc(-c2ccc3c(-c4cc(-c5cc6oc(-c7cccc8ccccc78)cc6c6ccccc56)cc5oc6ccccc6c45)c4ccccc4c(-c4ccc5c(c4)sc4ccccc45)c3c2)cc1. The third-order valence-electron chi connectivity index (χ3n) is 14.5. The van der Waals surface area contributed by atoms with E-state index in [0.717, 1.165) is 71.7 Å². The van der Waals surface area contributed by atoms with Crippen LogP contribution in [0.1, 0.15) is 0 Å². The smallest absolute Gasteiger partial charge is 0.136 e. The molecule has 0 atom stereocenters. The van der Waals surface area contributed by atoms with Gasteiger partial charge in [0.15, 0.2) is 0 Å². The van der Waals surface area contributed by atoms with Gasteiger partial charge in [-0.25, -0.2) is 0 Å². The van der Waals surface area contributed by atoms with Gasteiger partial charge in [0.2, 0.25) is 0 Å². The molecule has 320 valence electrons. The molecule has 0 saturated heterocycles. The Morgan fingerprint density at radius 1 is 0.261 bits per heavy atom. The highest BCUT2D eigenvalue weighted by Gasteiger charge is 2.24. The summed E-state index contributed by atoms with van der Waals surface area (Å²) in [6.45, 7) is 0. The fourth-order valence-electron chi connectivity index (χ4n) is 11.4. The van der Waals surface area contributed by atoms with Crippen molar-refractivity contribution in [1.82, 2.24) is 0 Å². The minimum Gasteiger partial charge on any atom is -0.456 e. The highest BCUT2D eigenvalue weighted by molar-refractivity contribution is 7.25. The topological polar surface area (TPSA) is 26.3 Å². The molecule has 3 aromatic heterocycles. The standard InChI is InChI=1S/C66H38O2S/c1-2-15-39(16-3-1)41-29-32-52-56(33-41)64(42-30-31-49-48-22-11-13-28-62(48)69-63(49)36-42)50-23-8-9-24-51(50)65(52)57-34-43(35-61-66(57)53-25-10-12-27-58(53)67-61)54-37-60-55(46-21-7-6-20-45(46)54)38-59(68-60)47-26-14-18-40-17-4-5-19-44(40)47/h1-38H. The van der Waals surface area contributed by atoms with Gasteiger partial charge in [0, 0.05) is 41.9 Å². The highest BCUT2D eigenvalue weighted by Crippen LogP contribution is 2.51. The molecule has 3 heterocycles. The Labute approximate surface area is 400 Å². The van der Waals surface area contributed by atoms with Crippen molar-refractivity contribution in [3.05, 3.63) is 231 Å². The average Bonchev–Trinajstić information content (AvgIpc) is 4.13. The van der Waals surface area contributed by atoms with Gasteiger partial charge in [0.25, 0.3) is 0 Å². The first-order valence-corrected chi connectivity index (χ1v) is 24.4. The van der Waals surface area contributed by atoms with Crippen LogP contribution < -0.4 is 0 Å². The van der Waals surface area contributed by atoms with Crippen LogP contribution in [0.5, 0.6) is 0 Å². The van der Waals surface area contributed by atoms with Crippen molar-refractivity contribution in [2.24, 2.45) is 0 Å². The minimum atomic E-state index is 0.848. The molecule has 0 bridgehead atoms. The van der Waals surface area contributed by atoms with Crippen LogP contribution in [0.15, 0.2) is 239 Å². The van der Waals surface area contributed by atoms with Crippen molar-refractivity contribution in [1.29, 1.82) is 0 Å². The number of furan rings is 2. The lowest BCUT2D eigenvalue weighted by Crippen LogP contribution is -1.93. The first-order chi connectivity index (χ1) is 34.2. The number of hydrogen-bond donors (Lipinski definition) is 0. The van der Waals surface area contributed by atoms with Crippen LogP contribution in [-0.2, 0) is 0 Å². The van der Waals surface area contributed by atoms with Crippen molar-refractivity contribution in [2.75, 3.05) is 0 Å². The Hall–Kier alpha value is -8.76. The number of thiophene rings is 1. The quantitative estimate of drug-likeness (QED) is 0.161. The summed E-state index contributed by atoms with van der Waals surface area (Å²) in [6.07, 6.45) is 0. The van der Waals surface area contributed by atoms with E-state index in [1.165, 1.54) is 80.3 Å². The lowest BCUT2D eigenvalue weighted by atomic mass is 9.83. The van der Waals surface area contributed by atoms with Crippen LogP contribution in [0.4, 0.5) is 0 Å². The summed E-state index contributed by atoms with van der Waals surface area (Å²) >= 11 is 1.87. The minimum absolute atomic E-state index is 0.848. The zero-order chi connectivity index (χ0) is 45.2. The number of para-hydroxylation sites is 1. The molecule has 15 aromatic rings. The Bertz CT molecular complexity index is 4600. The normalized spacial score (nSPS) is 12.1. The summed E-state index contributed by atoms with van der Waals surface area (Å²) in [6, 6.07) is 84.0. The Balaban J connectivity index is 1.04. The molecule has 69 heavy (non-hydrogen) atoms. The molecule has 0 aliphatic heterocycles. The molecule has 3 heteroatoms. The third-order valence-corrected chi connectivity index (χ3v) is 15.6. The van der Waals surface area contributed by atoms with E-state index in [9.17, 15) is 0 Å². The second-order valence-electron chi connectivity index (χ2n) is 18.2.